The van der Waals surface area contributed by atoms with Gasteiger partial charge in [-0.15, -0.1) is 0 Å². The minimum atomic E-state index is -3.70. The summed E-state index contributed by atoms with van der Waals surface area (Å²) < 4.78 is 36.2. The number of benzene rings is 2. The van der Waals surface area contributed by atoms with Crippen LogP contribution in [0.15, 0.2) is 36.4 Å². The van der Waals surface area contributed by atoms with Gasteiger partial charge in [0.25, 0.3) is 0 Å². The molecule has 1 atom stereocenters. The fraction of sp³-hybridized carbons (Fsp3) is 0.350. The molecule has 0 radical (unpaired) electrons. The highest BCUT2D eigenvalue weighted by Gasteiger charge is 2.23. The van der Waals surface area contributed by atoms with Crippen LogP contribution < -0.4 is 19.1 Å². The minimum absolute atomic E-state index is 0.363. The number of aryl methyl sites for hydroxylation is 1. The van der Waals surface area contributed by atoms with Crippen molar-refractivity contribution in [1.29, 1.82) is 0 Å². The van der Waals surface area contributed by atoms with E-state index in [1.807, 2.05) is 6.07 Å². The van der Waals surface area contributed by atoms with E-state index in [0.717, 1.165) is 16.1 Å². The highest BCUT2D eigenvalue weighted by molar-refractivity contribution is 7.92. The maximum Gasteiger partial charge on any atom is 0.241 e. The van der Waals surface area contributed by atoms with Crippen molar-refractivity contribution in [3.05, 3.63) is 52.5 Å². The minimum Gasteiger partial charge on any atom is -0.493 e. The maximum atomic E-state index is 12.6. The monoisotopic (exact) mass is 440 g/mol. The van der Waals surface area contributed by atoms with Gasteiger partial charge in [-0.2, -0.15) is 0 Å². The number of ether oxygens (including phenoxy) is 2. The summed E-state index contributed by atoms with van der Waals surface area (Å²) in [7, 11) is -0.623. The molecule has 0 bridgehead atoms. The Bertz CT molecular complexity index is 994. The van der Waals surface area contributed by atoms with Crippen LogP contribution in [-0.2, 0) is 14.8 Å². The van der Waals surface area contributed by atoms with E-state index in [9.17, 15) is 13.2 Å². The predicted octanol–water partition coefficient (Wildman–Crippen LogP) is 3.31. The van der Waals surface area contributed by atoms with E-state index in [2.05, 4.69) is 5.32 Å². The van der Waals surface area contributed by atoms with Gasteiger partial charge < -0.3 is 14.8 Å². The lowest BCUT2D eigenvalue weighted by Crippen LogP contribution is -2.41. The van der Waals surface area contributed by atoms with Gasteiger partial charge >= 0.3 is 0 Å². The number of halogens is 1. The number of sulfonamides is 1. The largest absolute Gasteiger partial charge is 0.493 e. The number of rotatable bonds is 8. The van der Waals surface area contributed by atoms with E-state index in [4.69, 9.17) is 21.1 Å². The Hall–Kier alpha value is -2.45. The lowest BCUT2D eigenvalue weighted by atomic mass is 10.1. The fourth-order valence-electron chi connectivity index (χ4n) is 2.86. The molecule has 1 amide bonds. The summed E-state index contributed by atoms with van der Waals surface area (Å²) in [5.74, 6) is 0.671. The first-order valence-corrected chi connectivity index (χ1v) is 11.0. The van der Waals surface area contributed by atoms with Crippen LogP contribution in [0.4, 0.5) is 5.69 Å². The Morgan fingerprint density at radius 1 is 1.14 bits per heavy atom. The molecule has 0 saturated carbocycles. The lowest BCUT2D eigenvalue weighted by molar-refractivity contribution is -0.120. The fourth-order valence-corrected chi connectivity index (χ4v) is 3.93. The van der Waals surface area contributed by atoms with Crippen LogP contribution >= 0.6 is 11.6 Å². The highest BCUT2D eigenvalue weighted by atomic mass is 35.5. The molecule has 0 aromatic heterocycles. The molecule has 0 spiro atoms. The lowest BCUT2D eigenvalue weighted by Gasteiger charge is -2.25. The molecule has 2 rings (SSSR count). The van der Waals surface area contributed by atoms with Crippen molar-refractivity contribution in [3.8, 4) is 11.5 Å². The van der Waals surface area contributed by atoms with Crippen LogP contribution in [0.3, 0.4) is 0 Å². The van der Waals surface area contributed by atoms with Gasteiger partial charge in [0.05, 0.1) is 32.2 Å². The van der Waals surface area contributed by atoms with E-state index in [-0.39, 0.29) is 12.6 Å². The Balaban J connectivity index is 2.21. The third kappa shape index (κ3) is 5.77. The van der Waals surface area contributed by atoms with E-state index in [1.54, 1.807) is 45.2 Å². The zero-order valence-electron chi connectivity index (χ0n) is 17.0. The number of carbonyl (C=O) groups excluding carboxylic acids is 1. The first-order valence-electron chi connectivity index (χ1n) is 8.82. The van der Waals surface area contributed by atoms with Crippen LogP contribution in [-0.4, -0.2) is 41.3 Å². The SMILES string of the molecule is COc1ccc([C@H](C)NC(=O)CN(c2cc(Cl)ccc2C)S(C)(=O)=O)cc1OC. The molecule has 0 unspecified atom stereocenters. The van der Waals surface area contributed by atoms with Gasteiger partial charge in [-0.25, -0.2) is 8.42 Å². The highest BCUT2D eigenvalue weighted by Crippen LogP contribution is 2.30. The van der Waals surface area contributed by atoms with Crippen LogP contribution in [0.25, 0.3) is 0 Å². The molecule has 0 heterocycles. The van der Waals surface area contributed by atoms with Crippen LogP contribution in [0.5, 0.6) is 11.5 Å². The molecule has 7 nitrogen and oxygen atoms in total. The summed E-state index contributed by atoms with van der Waals surface area (Å²) in [6, 6.07) is 9.85. The first-order chi connectivity index (χ1) is 13.6. The third-order valence-electron chi connectivity index (χ3n) is 4.41. The number of hydrogen-bond acceptors (Lipinski definition) is 5. The van der Waals surface area contributed by atoms with Crippen molar-refractivity contribution in [3.63, 3.8) is 0 Å². The quantitative estimate of drug-likeness (QED) is 0.680. The summed E-state index contributed by atoms with van der Waals surface area (Å²) in [4.78, 5) is 12.6. The Morgan fingerprint density at radius 2 is 1.79 bits per heavy atom. The van der Waals surface area contributed by atoms with Crippen LogP contribution in [0.2, 0.25) is 5.02 Å². The van der Waals surface area contributed by atoms with Crippen LogP contribution in [0.1, 0.15) is 24.1 Å². The van der Waals surface area contributed by atoms with Crippen molar-refractivity contribution in [2.24, 2.45) is 0 Å². The van der Waals surface area contributed by atoms with Gasteiger partial charge in [0.1, 0.15) is 6.54 Å². The molecule has 2 aromatic carbocycles. The molecule has 0 aliphatic heterocycles. The molecular weight excluding hydrogens is 416 g/mol. The number of hydrogen-bond donors (Lipinski definition) is 1. The molecule has 2 aromatic rings. The summed E-state index contributed by atoms with van der Waals surface area (Å²) in [5.41, 5.74) is 1.86. The number of amides is 1. The number of methoxy groups -OCH3 is 2. The molecule has 0 aliphatic carbocycles. The van der Waals surface area contributed by atoms with Crippen LogP contribution in [0, 0.1) is 6.92 Å². The number of nitrogens with zero attached hydrogens (tertiary/aromatic N) is 1. The van der Waals surface area contributed by atoms with Gasteiger partial charge in [-0.05, 0) is 49.2 Å². The number of anilines is 1. The van der Waals surface area contributed by atoms with Crippen molar-refractivity contribution in [1.82, 2.24) is 5.32 Å². The second-order valence-corrected chi connectivity index (χ2v) is 8.95. The summed E-state index contributed by atoms with van der Waals surface area (Å²) >= 11 is 6.02. The average Bonchev–Trinajstić information content (AvgIpc) is 2.66. The Morgan fingerprint density at radius 3 is 2.38 bits per heavy atom. The molecule has 29 heavy (non-hydrogen) atoms. The molecule has 0 saturated heterocycles. The Kier molecular flexibility index (Phi) is 7.37. The molecule has 9 heteroatoms. The summed E-state index contributed by atoms with van der Waals surface area (Å²) in [6.45, 7) is 3.19. The average molecular weight is 441 g/mol. The second-order valence-electron chi connectivity index (χ2n) is 6.60. The zero-order chi connectivity index (χ0) is 21.8. The number of nitrogens with one attached hydrogen (secondary N) is 1. The Labute approximate surface area is 176 Å². The number of carbonyl (C=O) groups is 1. The van der Waals surface area contributed by atoms with E-state index < -0.39 is 15.9 Å². The van der Waals surface area contributed by atoms with Gasteiger partial charge in [0.15, 0.2) is 11.5 Å². The van der Waals surface area contributed by atoms with E-state index in [0.29, 0.717) is 27.8 Å². The molecular formula is C20H25ClN2O5S. The topological polar surface area (TPSA) is 84.9 Å². The smallest absolute Gasteiger partial charge is 0.241 e. The standard InChI is InChI=1S/C20H25ClN2O5S/c1-13-6-8-16(21)11-17(13)23(29(5,25)26)12-20(24)22-14(2)15-7-9-18(27-3)19(10-15)28-4/h6-11,14H,12H2,1-5H3,(H,22,24)/t14-/m0/s1. The van der Waals surface area contributed by atoms with E-state index >= 15 is 0 Å². The van der Waals surface area contributed by atoms with Gasteiger partial charge in [-0.1, -0.05) is 23.7 Å². The normalized spacial score (nSPS) is 12.2. The molecule has 158 valence electrons. The predicted molar refractivity (Wildman–Crippen MR) is 114 cm³/mol. The second kappa shape index (κ2) is 9.37. The van der Waals surface area contributed by atoms with Crippen molar-refractivity contribution in [2.75, 3.05) is 31.3 Å². The molecule has 1 N–H and O–H groups in total. The van der Waals surface area contributed by atoms with Crippen molar-refractivity contribution < 1.29 is 22.7 Å². The summed E-state index contributed by atoms with van der Waals surface area (Å²) in [6.07, 6.45) is 1.05. The molecule has 0 aliphatic rings. The first kappa shape index (κ1) is 22.8. The van der Waals surface area contributed by atoms with Gasteiger partial charge in [0.2, 0.25) is 15.9 Å². The van der Waals surface area contributed by atoms with Crippen molar-refractivity contribution in [2.45, 2.75) is 19.9 Å². The van der Waals surface area contributed by atoms with Crippen molar-refractivity contribution >= 4 is 33.2 Å². The van der Waals surface area contributed by atoms with Gasteiger partial charge in [0, 0.05) is 5.02 Å². The van der Waals surface area contributed by atoms with Gasteiger partial charge in [-0.3, -0.25) is 9.10 Å². The van der Waals surface area contributed by atoms with E-state index in [1.165, 1.54) is 13.2 Å². The molecule has 0 fully saturated rings. The third-order valence-corrected chi connectivity index (χ3v) is 5.77. The summed E-state index contributed by atoms with van der Waals surface area (Å²) in [5, 5.41) is 3.20. The maximum absolute atomic E-state index is 12.6. The zero-order valence-corrected chi connectivity index (χ0v) is 18.6.